The van der Waals surface area contributed by atoms with Crippen LogP contribution in [-0.2, 0) is 6.18 Å². The molecule has 2 aromatic rings. The maximum absolute atomic E-state index is 13.4. The molecule has 1 aliphatic carbocycles. The number of anilines is 1. The molecular weight excluding hydrogens is 402 g/mol. The standard InChI is InChI=1S/C21H19F4N3O2/c22-15-9-13(12-26)10-17(11-15)28-20(29)27-16-3-7-19(8-4-16)30-18-5-1-14(2-6-18)21(23,24)25/h1-2,5-6,9-11,16,19H,3-4,7-8H2,(H2,27,28,29). The maximum atomic E-state index is 13.4. The lowest BCUT2D eigenvalue weighted by molar-refractivity contribution is -0.137. The molecule has 3 rings (SSSR count). The second-order valence-corrected chi connectivity index (χ2v) is 7.05. The van der Waals surface area contributed by atoms with Crippen LogP contribution in [-0.4, -0.2) is 18.2 Å². The molecule has 0 heterocycles. The highest BCUT2D eigenvalue weighted by atomic mass is 19.4. The van der Waals surface area contributed by atoms with E-state index in [2.05, 4.69) is 10.6 Å². The van der Waals surface area contributed by atoms with Gasteiger partial charge in [0, 0.05) is 11.7 Å². The van der Waals surface area contributed by atoms with Gasteiger partial charge in [0.15, 0.2) is 0 Å². The molecule has 1 fully saturated rings. The number of hydrogen-bond donors (Lipinski definition) is 2. The number of benzene rings is 2. The Bertz CT molecular complexity index is 931. The van der Waals surface area contributed by atoms with E-state index in [-0.39, 0.29) is 23.4 Å². The van der Waals surface area contributed by atoms with Gasteiger partial charge in [-0.3, -0.25) is 0 Å². The fourth-order valence-electron chi connectivity index (χ4n) is 3.32. The summed E-state index contributed by atoms with van der Waals surface area (Å²) in [5, 5.41) is 14.2. The molecule has 30 heavy (non-hydrogen) atoms. The highest BCUT2D eigenvalue weighted by molar-refractivity contribution is 5.89. The van der Waals surface area contributed by atoms with Crippen molar-refractivity contribution in [3.63, 3.8) is 0 Å². The number of carbonyl (C=O) groups is 1. The number of ether oxygens (including phenoxy) is 1. The topological polar surface area (TPSA) is 74.2 Å². The van der Waals surface area contributed by atoms with E-state index >= 15 is 0 Å². The van der Waals surface area contributed by atoms with Crippen molar-refractivity contribution >= 4 is 11.7 Å². The number of hydrogen-bond acceptors (Lipinski definition) is 3. The van der Waals surface area contributed by atoms with Crippen LogP contribution in [0.15, 0.2) is 42.5 Å². The Labute approximate surface area is 170 Å². The van der Waals surface area contributed by atoms with Crippen LogP contribution in [0.2, 0.25) is 0 Å². The SMILES string of the molecule is N#Cc1cc(F)cc(NC(=O)NC2CCC(Oc3ccc(C(F)(F)F)cc3)CC2)c1. The van der Waals surface area contributed by atoms with Crippen molar-refractivity contribution < 1.29 is 27.1 Å². The molecule has 9 heteroatoms. The zero-order valence-corrected chi connectivity index (χ0v) is 15.8. The number of nitriles is 1. The average Bonchev–Trinajstić information content (AvgIpc) is 2.68. The van der Waals surface area contributed by atoms with Gasteiger partial charge in [-0.15, -0.1) is 0 Å². The van der Waals surface area contributed by atoms with Crippen molar-refractivity contribution in [3.05, 3.63) is 59.4 Å². The first-order chi connectivity index (χ1) is 14.2. The van der Waals surface area contributed by atoms with Crippen LogP contribution in [0, 0.1) is 17.1 Å². The van der Waals surface area contributed by atoms with Crippen LogP contribution >= 0.6 is 0 Å². The van der Waals surface area contributed by atoms with Gasteiger partial charge in [0.25, 0.3) is 0 Å². The third kappa shape index (κ3) is 5.86. The monoisotopic (exact) mass is 421 g/mol. The highest BCUT2D eigenvalue weighted by Crippen LogP contribution is 2.31. The molecule has 0 aliphatic heterocycles. The van der Waals surface area contributed by atoms with Gasteiger partial charge >= 0.3 is 12.2 Å². The largest absolute Gasteiger partial charge is 0.490 e. The highest BCUT2D eigenvalue weighted by Gasteiger charge is 2.30. The van der Waals surface area contributed by atoms with Crippen molar-refractivity contribution in [1.29, 1.82) is 5.26 Å². The van der Waals surface area contributed by atoms with Gasteiger partial charge in [0.2, 0.25) is 0 Å². The fraction of sp³-hybridized carbons (Fsp3) is 0.333. The third-order valence-corrected chi connectivity index (χ3v) is 4.78. The summed E-state index contributed by atoms with van der Waals surface area (Å²) in [5.74, 6) is -0.248. The summed E-state index contributed by atoms with van der Waals surface area (Å²) in [7, 11) is 0. The molecule has 1 saturated carbocycles. The molecule has 5 nitrogen and oxygen atoms in total. The van der Waals surface area contributed by atoms with Gasteiger partial charge in [-0.05, 0) is 68.1 Å². The van der Waals surface area contributed by atoms with E-state index in [0.717, 1.165) is 24.3 Å². The number of carbonyl (C=O) groups excluding carboxylic acids is 1. The summed E-state index contributed by atoms with van der Waals surface area (Å²) in [5.41, 5.74) is -0.441. The third-order valence-electron chi connectivity index (χ3n) is 4.78. The number of urea groups is 1. The van der Waals surface area contributed by atoms with Crippen LogP contribution in [0.5, 0.6) is 5.75 Å². The summed E-state index contributed by atoms with van der Waals surface area (Å²) in [6.45, 7) is 0. The van der Waals surface area contributed by atoms with Crippen molar-refractivity contribution in [2.45, 2.75) is 44.0 Å². The first-order valence-corrected chi connectivity index (χ1v) is 9.35. The van der Waals surface area contributed by atoms with Gasteiger partial charge in [-0.25, -0.2) is 9.18 Å². The second kappa shape index (κ2) is 9.03. The minimum atomic E-state index is -4.38. The quantitative estimate of drug-likeness (QED) is 0.664. The van der Waals surface area contributed by atoms with E-state index in [9.17, 15) is 22.4 Å². The van der Waals surface area contributed by atoms with Gasteiger partial charge in [0.05, 0.1) is 23.3 Å². The normalized spacial score (nSPS) is 18.9. The van der Waals surface area contributed by atoms with Crippen molar-refractivity contribution in [2.75, 3.05) is 5.32 Å². The zero-order chi connectivity index (χ0) is 21.7. The maximum Gasteiger partial charge on any atom is 0.416 e. The Morgan fingerprint density at radius 2 is 1.73 bits per heavy atom. The van der Waals surface area contributed by atoms with E-state index in [1.54, 1.807) is 0 Å². The van der Waals surface area contributed by atoms with Crippen molar-refractivity contribution in [2.24, 2.45) is 0 Å². The fourth-order valence-corrected chi connectivity index (χ4v) is 3.32. The lowest BCUT2D eigenvalue weighted by Crippen LogP contribution is -2.41. The zero-order valence-electron chi connectivity index (χ0n) is 15.8. The Morgan fingerprint density at radius 1 is 1.07 bits per heavy atom. The molecular formula is C21H19F4N3O2. The summed E-state index contributed by atoms with van der Waals surface area (Å²) < 4.78 is 57.0. The number of nitrogens with one attached hydrogen (secondary N) is 2. The van der Waals surface area contributed by atoms with Gasteiger partial charge in [-0.2, -0.15) is 18.4 Å². The summed E-state index contributed by atoms with van der Waals surface area (Å²) >= 11 is 0. The predicted molar refractivity (Wildman–Crippen MR) is 101 cm³/mol. The van der Waals surface area contributed by atoms with Gasteiger partial charge < -0.3 is 15.4 Å². The molecule has 0 radical (unpaired) electrons. The number of nitrogens with zero attached hydrogens (tertiary/aromatic N) is 1. The molecule has 0 aromatic heterocycles. The van der Waals surface area contributed by atoms with Crippen LogP contribution in [0.3, 0.4) is 0 Å². The lowest BCUT2D eigenvalue weighted by atomic mass is 9.93. The average molecular weight is 421 g/mol. The minimum Gasteiger partial charge on any atom is -0.490 e. The van der Waals surface area contributed by atoms with Crippen molar-refractivity contribution in [3.8, 4) is 11.8 Å². The molecule has 0 atom stereocenters. The molecule has 0 saturated heterocycles. The van der Waals surface area contributed by atoms with Crippen LogP contribution < -0.4 is 15.4 Å². The first kappa shape index (κ1) is 21.4. The molecule has 2 amide bonds. The van der Waals surface area contributed by atoms with Gasteiger partial charge in [-0.1, -0.05) is 0 Å². The van der Waals surface area contributed by atoms with E-state index in [1.165, 1.54) is 18.2 Å². The van der Waals surface area contributed by atoms with Crippen LogP contribution in [0.1, 0.15) is 36.8 Å². The Morgan fingerprint density at radius 3 is 2.33 bits per heavy atom. The number of halogens is 4. The van der Waals surface area contributed by atoms with E-state index < -0.39 is 23.6 Å². The Balaban J connectivity index is 1.46. The first-order valence-electron chi connectivity index (χ1n) is 9.35. The molecule has 0 unspecified atom stereocenters. The minimum absolute atomic E-state index is 0.103. The van der Waals surface area contributed by atoms with E-state index in [4.69, 9.17) is 10.00 Å². The van der Waals surface area contributed by atoms with Crippen molar-refractivity contribution in [1.82, 2.24) is 5.32 Å². The molecule has 2 N–H and O–H groups in total. The predicted octanol–water partition coefficient (Wildman–Crippen LogP) is 5.23. The number of amides is 2. The molecule has 2 aromatic carbocycles. The van der Waals surface area contributed by atoms with E-state index in [0.29, 0.717) is 31.4 Å². The Kier molecular flexibility index (Phi) is 6.45. The number of rotatable bonds is 4. The summed E-state index contributed by atoms with van der Waals surface area (Å²) in [6, 6.07) is 9.33. The van der Waals surface area contributed by atoms with Gasteiger partial charge in [0.1, 0.15) is 11.6 Å². The lowest BCUT2D eigenvalue weighted by Gasteiger charge is -2.29. The van der Waals surface area contributed by atoms with E-state index in [1.807, 2.05) is 6.07 Å². The molecule has 158 valence electrons. The van der Waals surface area contributed by atoms with Crippen LogP contribution in [0.4, 0.5) is 28.0 Å². The summed E-state index contributed by atoms with van der Waals surface area (Å²) in [6.07, 6.45) is -2.01. The smallest absolute Gasteiger partial charge is 0.416 e. The molecule has 0 bridgehead atoms. The summed E-state index contributed by atoms with van der Waals surface area (Å²) in [4.78, 5) is 12.1. The number of alkyl halides is 3. The molecule has 0 spiro atoms. The second-order valence-electron chi connectivity index (χ2n) is 7.05. The molecule has 1 aliphatic rings. The van der Waals surface area contributed by atoms with Crippen LogP contribution in [0.25, 0.3) is 0 Å². The Hall–Kier alpha value is -3.28.